The number of rotatable bonds is 9. The summed E-state index contributed by atoms with van der Waals surface area (Å²) in [5.74, 6) is -0.931. The smallest absolute Gasteiger partial charge is 0.325 e. The van der Waals surface area contributed by atoms with Crippen LogP contribution in [0.3, 0.4) is 0 Å². The van der Waals surface area contributed by atoms with Gasteiger partial charge in [-0.05, 0) is 41.8 Å². The number of carbonyl (C=O) groups is 4. The predicted molar refractivity (Wildman–Crippen MR) is 133 cm³/mol. The molecule has 35 heavy (non-hydrogen) atoms. The van der Waals surface area contributed by atoms with Crippen molar-refractivity contribution in [3.8, 4) is 0 Å². The Balaban J connectivity index is 1.55. The van der Waals surface area contributed by atoms with Crippen molar-refractivity contribution in [2.75, 3.05) is 11.9 Å². The Hall–Kier alpha value is -4.26. The Morgan fingerprint density at radius 2 is 1.51 bits per heavy atom. The quantitative estimate of drug-likeness (QED) is 0.361. The molecule has 178 valence electrons. The highest BCUT2D eigenvalue weighted by atomic mass is 16.2. The molecule has 1 aliphatic rings. The van der Waals surface area contributed by atoms with Crippen LogP contribution in [0, 0.1) is 0 Å². The minimum atomic E-state index is -1.30. The van der Waals surface area contributed by atoms with Gasteiger partial charge in [-0.15, -0.1) is 0 Å². The van der Waals surface area contributed by atoms with E-state index in [1.165, 1.54) is 0 Å². The lowest BCUT2D eigenvalue weighted by Gasteiger charge is -2.27. The molecule has 1 aliphatic heterocycles. The molecule has 1 saturated heterocycles. The van der Waals surface area contributed by atoms with Crippen LogP contribution in [-0.2, 0) is 21.5 Å². The van der Waals surface area contributed by atoms with Crippen LogP contribution in [0.2, 0.25) is 0 Å². The van der Waals surface area contributed by atoms with E-state index >= 15 is 0 Å². The third-order valence-corrected chi connectivity index (χ3v) is 6.02. The van der Waals surface area contributed by atoms with Gasteiger partial charge in [-0.2, -0.15) is 0 Å². The van der Waals surface area contributed by atoms with Gasteiger partial charge in [0.05, 0.1) is 6.54 Å². The fourth-order valence-electron chi connectivity index (χ4n) is 4.24. The zero-order chi connectivity index (χ0) is 24.8. The average molecular weight is 470 g/mol. The normalized spacial score (nSPS) is 17.2. The van der Waals surface area contributed by atoms with Crippen molar-refractivity contribution in [2.24, 2.45) is 0 Å². The monoisotopic (exact) mass is 469 g/mol. The fraction of sp³-hybridized carbons (Fsp3) is 0.214. The lowest BCUT2D eigenvalue weighted by atomic mass is 9.83. The van der Waals surface area contributed by atoms with Crippen LogP contribution in [0.4, 0.5) is 10.5 Å². The Labute approximate surface area is 204 Å². The number of hydrogen-bond acceptors (Lipinski definition) is 4. The van der Waals surface area contributed by atoms with Crippen LogP contribution in [0.15, 0.2) is 84.9 Å². The van der Waals surface area contributed by atoms with Gasteiger partial charge in [0.1, 0.15) is 0 Å². The number of anilines is 1. The summed E-state index contributed by atoms with van der Waals surface area (Å²) in [5, 5.41) is 5.64. The van der Waals surface area contributed by atoms with Crippen molar-refractivity contribution in [3.63, 3.8) is 0 Å². The molecule has 7 heteroatoms. The number of hydrogen-bond donors (Lipinski definition) is 2. The van der Waals surface area contributed by atoms with Gasteiger partial charge in [-0.25, -0.2) is 4.79 Å². The van der Waals surface area contributed by atoms with Crippen molar-refractivity contribution >= 4 is 29.3 Å². The van der Waals surface area contributed by atoms with Gasteiger partial charge in [0.25, 0.3) is 5.91 Å². The second-order valence-corrected chi connectivity index (χ2v) is 8.55. The van der Waals surface area contributed by atoms with Gasteiger partial charge >= 0.3 is 6.03 Å². The van der Waals surface area contributed by atoms with E-state index in [0.717, 1.165) is 16.9 Å². The molecule has 0 spiro atoms. The second-order valence-electron chi connectivity index (χ2n) is 8.55. The molecule has 1 heterocycles. The first-order chi connectivity index (χ1) is 16.9. The molecule has 4 amide bonds. The molecule has 0 aliphatic carbocycles. The molecule has 0 unspecified atom stereocenters. The van der Waals surface area contributed by atoms with Crippen molar-refractivity contribution in [3.05, 3.63) is 102 Å². The summed E-state index contributed by atoms with van der Waals surface area (Å²) < 4.78 is 0. The van der Waals surface area contributed by atoms with Gasteiger partial charge in [0, 0.05) is 24.1 Å². The summed E-state index contributed by atoms with van der Waals surface area (Å²) in [6.07, 6.45) is 1.42. The van der Waals surface area contributed by atoms with E-state index in [2.05, 4.69) is 10.6 Å². The largest absolute Gasteiger partial charge is 0.326 e. The van der Waals surface area contributed by atoms with Gasteiger partial charge in [-0.1, -0.05) is 67.6 Å². The van der Waals surface area contributed by atoms with E-state index in [0.29, 0.717) is 23.2 Å². The number of Topliss-reactive ketones (excluding diaryl/α,β-unsaturated/α-hetero) is 1. The third kappa shape index (κ3) is 5.14. The Bertz CT molecular complexity index is 1230. The zero-order valence-corrected chi connectivity index (χ0v) is 19.5. The summed E-state index contributed by atoms with van der Waals surface area (Å²) in [4.78, 5) is 52.4. The van der Waals surface area contributed by atoms with Crippen LogP contribution in [-0.4, -0.2) is 35.1 Å². The number of urea groups is 1. The van der Waals surface area contributed by atoms with E-state index in [-0.39, 0.29) is 24.7 Å². The first-order valence-corrected chi connectivity index (χ1v) is 11.6. The lowest BCUT2D eigenvalue weighted by molar-refractivity contribution is -0.131. The third-order valence-electron chi connectivity index (χ3n) is 6.02. The van der Waals surface area contributed by atoms with Crippen LogP contribution < -0.4 is 10.6 Å². The predicted octanol–water partition coefficient (Wildman–Crippen LogP) is 4.30. The molecular weight excluding hydrogens is 442 g/mol. The maximum atomic E-state index is 13.7. The van der Waals surface area contributed by atoms with Gasteiger partial charge in [-0.3, -0.25) is 19.3 Å². The van der Waals surface area contributed by atoms with Crippen molar-refractivity contribution in [2.45, 2.75) is 31.7 Å². The second kappa shape index (κ2) is 10.3. The summed E-state index contributed by atoms with van der Waals surface area (Å²) in [6.45, 7) is 1.54. The van der Waals surface area contributed by atoms with Gasteiger partial charge < -0.3 is 10.6 Å². The minimum Gasteiger partial charge on any atom is -0.326 e. The summed E-state index contributed by atoms with van der Waals surface area (Å²) >= 11 is 0. The summed E-state index contributed by atoms with van der Waals surface area (Å²) in [7, 11) is 0. The highest BCUT2D eigenvalue weighted by Crippen LogP contribution is 2.33. The number of nitrogens with zero attached hydrogens (tertiary/aromatic N) is 1. The Morgan fingerprint density at radius 3 is 2.14 bits per heavy atom. The highest BCUT2D eigenvalue weighted by Gasteiger charge is 2.52. The summed E-state index contributed by atoms with van der Waals surface area (Å²) in [6, 6.07) is 24.4. The molecule has 4 rings (SSSR count). The van der Waals surface area contributed by atoms with Gasteiger partial charge in [0.2, 0.25) is 5.91 Å². The Morgan fingerprint density at radius 1 is 0.886 bits per heavy atom. The standard InChI is InChI=1S/C28H27N3O4/c1-2-9-25(33)29-23-16-14-21(15-17-23)24(32)19-31-26(34)28(30-27(31)35,22-12-7-4-8-13-22)18-20-10-5-3-6-11-20/h3-8,10-17H,2,9,18-19H2,1H3,(H,29,33)(H,30,35)/t28-/m0/s1. The first-order valence-electron chi connectivity index (χ1n) is 11.6. The number of nitrogens with one attached hydrogen (secondary N) is 2. The molecule has 1 fully saturated rings. The molecule has 0 bridgehead atoms. The molecule has 0 aromatic heterocycles. The highest BCUT2D eigenvalue weighted by molar-refractivity contribution is 6.11. The molecule has 1 atom stereocenters. The lowest BCUT2D eigenvalue weighted by Crippen LogP contribution is -2.46. The van der Waals surface area contributed by atoms with Crippen LogP contribution in [0.1, 0.15) is 41.3 Å². The van der Waals surface area contributed by atoms with Crippen LogP contribution in [0.25, 0.3) is 0 Å². The van der Waals surface area contributed by atoms with E-state index in [1.807, 2.05) is 55.5 Å². The number of amides is 4. The number of carbonyl (C=O) groups excluding carboxylic acids is 4. The number of imide groups is 1. The topological polar surface area (TPSA) is 95.6 Å². The molecule has 7 nitrogen and oxygen atoms in total. The minimum absolute atomic E-state index is 0.0958. The van der Waals surface area contributed by atoms with Crippen LogP contribution in [0.5, 0.6) is 0 Å². The Kier molecular flexibility index (Phi) is 7.06. The SMILES string of the molecule is CCCC(=O)Nc1ccc(C(=O)CN2C(=O)N[C@@](Cc3ccccc3)(c3ccccc3)C2=O)cc1. The molecule has 0 saturated carbocycles. The summed E-state index contributed by atoms with van der Waals surface area (Å²) in [5.41, 5.74) is 1.18. The van der Waals surface area contributed by atoms with Crippen molar-refractivity contribution in [1.29, 1.82) is 0 Å². The van der Waals surface area contributed by atoms with Crippen LogP contribution >= 0.6 is 0 Å². The first kappa shape index (κ1) is 23.9. The maximum absolute atomic E-state index is 13.7. The van der Waals surface area contributed by atoms with E-state index in [4.69, 9.17) is 0 Å². The van der Waals surface area contributed by atoms with E-state index < -0.39 is 17.5 Å². The average Bonchev–Trinajstić information content (AvgIpc) is 3.10. The van der Waals surface area contributed by atoms with Gasteiger partial charge in [0.15, 0.2) is 11.3 Å². The molecule has 3 aromatic carbocycles. The number of benzene rings is 3. The molecule has 2 N–H and O–H groups in total. The zero-order valence-electron chi connectivity index (χ0n) is 19.5. The van der Waals surface area contributed by atoms with Crippen molar-refractivity contribution in [1.82, 2.24) is 10.2 Å². The van der Waals surface area contributed by atoms with Crippen molar-refractivity contribution < 1.29 is 19.2 Å². The number of ketones is 1. The van der Waals surface area contributed by atoms with E-state index in [1.54, 1.807) is 36.4 Å². The maximum Gasteiger partial charge on any atom is 0.325 e. The molecule has 0 radical (unpaired) electrons. The molecular formula is C28H27N3O4. The fourth-order valence-corrected chi connectivity index (χ4v) is 4.24. The van der Waals surface area contributed by atoms with E-state index in [9.17, 15) is 19.2 Å². The molecule has 3 aromatic rings.